The lowest BCUT2D eigenvalue weighted by atomic mass is 9.58. The highest BCUT2D eigenvalue weighted by Gasteiger charge is 2.56. The van der Waals surface area contributed by atoms with E-state index in [1.54, 1.807) is 12.1 Å². The van der Waals surface area contributed by atoms with E-state index in [1.807, 2.05) is 6.92 Å². The Hall–Kier alpha value is -0.760. The Kier molecular flexibility index (Phi) is 3.46. The Morgan fingerprint density at radius 3 is 2.68 bits per heavy atom. The van der Waals surface area contributed by atoms with Crippen molar-refractivity contribution in [3.63, 3.8) is 0 Å². The SMILES string of the molecule is Cc1ccc(F)c(OC2CC(Cl)C23CCCCC3)c1. The van der Waals surface area contributed by atoms with E-state index in [-0.39, 0.29) is 22.7 Å². The first-order valence-corrected chi connectivity index (χ1v) is 7.62. The molecule has 0 heterocycles. The average Bonchev–Trinajstić information content (AvgIpc) is 2.43. The van der Waals surface area contributed by atoms with Crippen LogP contribution in [0.5, 0.6) is 5.75 Å². The molecule has 0 bridgehead atoms. The summed E-state index contributed by atoms with van der Waals surface area (Å²) < 4.78 is 19.8. The second-order valence-corrected chi connectivity index (χ2v) is 6.56. The zero-order chi connectivity index (χ0) is 13.5. The number of halogens is 2. The Labute approximate surface area is 119 Å². The zero-order valence-corrected chi connectivity index (χ0v) is 12.0. The van der Waals surface area contributed by atoms with Crippen molar-refractivity contribution in [3.05, 3.63) is 29.6 Å². The van der Waals surface area contributed by atoms with Gasteiger partial charge in [-0.1, -0.05) is 25.3 Å². The molecule has 2 fully saturated rings. The molecule has 0 saturated heterocycles. The molecular weight excluding hydrogens is 263 g/mol. The van der Waals surface area contributed by atoms with Crippen molar-refractivity contribution in [3.8, 4) is 5.75 Å². The maximum Gasteiger partial charge on any atom is 0.165 e. The zero-order valence-electron chi connectivity index (χ0n) is 11.3. The van der Waals surface area contributed by atoms with Crippen molar-refractivity contribution >= 4 is 11.6 Å². The molecular formula is C16H20ClFO. The Morgan fingerprint density at radius 1 is 1.26 bits per heavy atom. The standard InChI is InChI=1S/C16H20ClFO/c1-11-5-6-12(18)13(9-11)19-15-10-14(17)16(15)7-3-2-4-8-16/h5-6,9,14-15H,2-4,7-8,10H2,1H3. The number of benzene rings is 1. The van der Waals surface area contributed by atoms with Gasteiger partial charge in [-0.25, -0.2) is 4.39 Å². The minimum absolute atomic E-state index is 0.0894. The molecule has 1 spiro atoms. The molecule has 0 aliphatic heterocycles. The van der Waals surface area contributed by atoms with Gasteiger partial charge in [0.25, 0.3) is 0 Å². The fourth-order valence-corrected chi connectivity index (χ4v) is 4.08. The van der Waals surface area contributed by atoms with Gasteiger partial charge in [0.15, 0.2) is 11.6 Å². The number of hydrogen-bond acceptors (Lipinski definition) is 1. The highest BCUT2D eigenvalue weighted by Crippen LogP contribution is 2.55. The van der Waals surface area contributed by atoms with E-state index >= 15 is 0 Å². The molecule has 19 heavy (non-hydrogen) atoms. The van der Waals surface area contributed by atoms with Crippen LogP contribution in [0.3, 0.4) is 0 Å². The van der Waals surface area contributed by atoms with Crippen LogP contribution in [0.25, 0.3) is 0 Å². The van der Waals surface area contributed by atoms with Gasteiger partial charge in [0, 0.05) is 17.2 Å². The van der Waals surface area contributed by atoms with Crippen molar-refractivity contribution in [1.29, 1.82) is 0 Å². The number of hydrogen-bond donors (Lipinski definition) is 0. The van der Waals surface area contributed by atoms with E-state index in [2.05, 4.69) is 0 Å². The fraction of sp³-hybridized carbons (Fsp3) is 0.625. The molecule has 2 unspecified atom stereocenters. The Bertz CT molecular complexity index is 468. The predicted octanol–water partition coefficient (Wildman–Crippen LogP) is 4.84. The highest BCUT2D eigenvalue weighted by molar-refractivity contribution is 6.21. The minimum Gasteiger partial charge on any atom is -0.487 e. The van der Waals surface area contributed by atoms with Crippen LogP contribution in [0.2, 0.25) is 0 Å². The first-order valence-electron chi connectivity index (χ1n) is 7.19. The summed E-state index contributed by atoms with van der Waals surface area (Å²) in [5.74, 6) is 0.119. The van der Waals surface area contributed by atoms with Gasteiger partial charge in [0.1, 0.15) is 6.10 Å². The van der Waals surface area contributed by atoms with Gasteiger partial charge >= 0.3 is 0 Å². The van der Waals surface area contributed by atoms with E-state index in [1.165, 1.54) is 25.3 Å². The lowest BCUT2D eigenvalue weighted by Crippen LogP contribution is -2.58. The highest BCUT2D eigenvalue weighted by atomic mass is 35.5. The third kappa shape index (κ3) is 2.24. The van der Waals surface area contributed by atoms with Crippen LogP contribution in [-0.2, 0) is 0 Å². The van der Waals surface area contributed by atoms with Gasteiger partial charge in [-0.05, 0) is 37.5 Å². The summed E-state index contributed by atoms with van der Waals surface area (Å²) in [7, 11) is 0. The van der Waals surface area contributed by atoms with Crippen LogP contribution < -0.4 is 4.74 Å². The van der Waals surface area contributed by atoms with E-state index in [0.29, 0.717) is 5.75 Å². The molecule has 0 N–H and O–H groups in total. The van der Waals surface area contributed by atoms with Crippen LogP contribution in [-0.4, -0.2) is 11.5 Å². The number of rotatable bonds is 2. The number of alkyl halides is 1. The summed E-state index contributed by atoms with van der Waals surface area (Å²) in [5.41, 5.74) is 1.12. The molecule has 2 aliphatic carbocycles. The summed E-state index contributed by atoms with van der Waals surface area (Å²) >= 11 is 6.44. The molecule has 3 heteroatoms. The Morgan fingerprint density at radius 2 is 2.00 bits per heavy atom. The van der Waals surface area contributed by atoms with Gasteiger partial charge in [-0.15, -0.1) is 11.6 Å². The van der Waals surface area contributed by atoms with Gasteiger partial charge in [0.05, 0.1) is 0 Å². The first kappa shape index (κ1) is 13.2. The van der Waals surface area contributed by atoms with Gasteiger partial charge in [0.2, 0.25) is 0 Å². The van der Waals surface area contributed by atoms with E-state index in [9.17, 15) is 4.39 Å². The normalized spacial score (nSPS) is 29.0. The van der Waals surface area contributed by atoms with E-state index in [4.69, 9.17) is 16.3 Å². The summed E-state index contributed by atoms with van der Waals surface area (Å²) in [4.78, 5) is 0. The van der Waals surface area contributed by atoms with E-state index < -0.39 is 0 Å². The van der Waals surface area contributed by atoms with Gasteiger partial charge in [-0.2, -0.15) is 0 Å². The fourth-order valence-electron chi connectivity index (χ4n) is 3.56. The number of aryl methyl sites for hydroxylation is 1. The molecule has 2 atom stereocenters. The molecule has 2 aliphatic rings. The topological polar surface area (TPSA) is 9.23 Å². The lowest BCUT2D eigenvalue weighted by molar-refractivity contribution is -0.0665. The smallest absolute Gasteiger partial charge is 0.165 e. The third-order valence-corrected chi connectivity index (χ3v) is 5.44. The quantitative estimate of drug-likeness (QED) is 0.705. The summed E-state index contributed by atoms with van der Waals surface area (Å²) in [6.45, 7) is 1.95. The maximum atomic E-state index is 13.8. The molecule has 1 aromatic carbocycles. The van der Waals surface area contributed by atoms with Crippen molar-refractivity contribution in [2.24, 2.45) is 5.41 Å². The first-order chi connectivity index (χ1) is 9.12. The summed E-state index contributed by atoms with van der Waals surface area (Å²) in [5, 5.41) is 0.200. The van der Waals surface area contributed by atoms with Gasteiger partial charge in [-0.3, -0.25) is 0 Å². The van der Waals surface area contributed by atoms with E-state index in [0.717, 1.165) is 24.8 Å². The van der Waals surface area contributed by atoms with Gasteiger partial charge < -0.3 is 4.74 Å². The molecule has 3 rings (SSSR count). The van der Waals surface area contributed by atoms with Crippen molar-refractivity contribution in [2.75, 3.05) is 0 Å². The predicted molar refractivity (Wildman–Crippen MR) is 75.3 cm³/mol. The molecule has 0 amide bonds. The number of ether oxygens (including phenoxy) is 1. The third-order valence-electron chi connectivity index (χ3n) is 4.83. The van der Waals surface area contributed by atoms with Crippen LogP contribution in [0.4, 0.5) is 4.39 Å². The largest absolute Gasteiger partial charge is 0.487 e. The van der Waals surface area contributed by atoms with Crippen LogP contribution in [0, 0.1) is 18.2 Å². The molecule has 1 aromatic rings. The van der Waals surface area contributed by atoms with Crippen LogP contribution in [0.15, 0.2) is 18.2 Å². The summed E-state index contributed by atoms with van der Waals surface area (Å²) in [6, 6.07) is 5.03. The van der Waals surface area contributed by atoms with Crippen LogP contribution in [0.1, 0.15) is 44.1 Å². The lowest BCUT2D eigenvalue weighted by Gasteiger charge is -2.55. The molecule has 1 nitrogen and oxygen atoms in total. The van der Waals surface area contributed by atoms with Crippen LogP contribution >= 0.6 is 11.6 Å². The van der Waals surface area contributed by atoms with Crippen molar-refractivity contribution in [2.45, 2.75) is 56.9 Å². The maximum absolute atomic E-state index is 13.8. The molecule has 0 aromatic heterocycles. The molecule has 104 valence electrons. The van der Waals surface area contributed by atoms with Crippen molar-refractivity contribution < 1.29 is 9.13 Å². The Balaban J connectivity index is 1.78. The minimum atomic E-state index is -0.269. The van der Waals surface area contributed by atoms with Crippen molar-refractivity contribution in [1.82, 2.24) is 0 Å². The summed E-state index contributed by atoms with van der Waals surface area (Å²) in [6.07, 6.45) is 6.91. The second kappa shape index (κ2) is 4.97. The molecule has 2 saturated carbocycles. The monoisotopic (exact) mass is 282 g/mol. The average molecular weight is 283 g/mol. The second-order valence-electron chi connectivity index (χ2n) is 6.04. The molecule has 0 radical (unpaired) electrons.